The molecule has 258 valence electrons. The fraction of sp³-hybridized carbons (Fsp3) is 0.513. The number of rotatable bonds is 15. The molecule has 3 heterocycles. The van der Waals surface area contributed by atoms with Gasteiger partial charge in [-0.3, -0.25) is 14.4 Å². The first kappa shape index (κ1) is 35.4. The molecule has 2 aromatic carbocycles. The van der Waals surface area contributed by atoms with Crippen LogP contribution < -0.4 is 9.80 Å². The number of aliphatic hydroxyl groups is 1. The summed E-state index contributed by atoms with van der Waals surface area (Å²) in [5.74, 6) is -2.61. The summed E-state index contributed by atoms with van der Waals surface area (Å²) in [6, 6.07) is 15.2. The van der Waals surface area contributed by atoms with Crippen molar-refractivity contribution in [1.29, 1.82) is 0 Å². The number of benzene rings is 2. The maximum absolute atomic E-state index is 15.2. The molecule has 0 saturated carbocycles. The molecule has 3 amide bonds. The molecule has 1 spiro atoms. The third kappa shape index (κ3) is 5.64. The summed E-state index contributed by atoms with van der Waals surface area (Å²) in [6.45, 7) is 20.4. The zero-order valence-electron chi connectivity index (χ0n) is 29.2. The highest BCUT2D eigenvalue weighted by Crippen LogP contribution is 2.66. The van der Waals surface area contributed by atoms with Gasteiger partial charge in [0.2, 0.25) is 11.8 Å². The second kappa shape index (κ2) is 14.3. The number of likely N-dealkylation sites (tertiary alicyclic amines) is 1. The number of anilines is 2. The fourth-order valence-corrected chi connectivity index (χ4v) is 8.64. The van der Waals surface area contributed by atoms with Gasteiger partial charge in [-0.1, -0.05) is 56.3 Å². The van der Waals surface area contributed by atoms with E-state index in [1.165, 1.54) is 4.90 Å². The van der Waals surface area contributed by atoms with Crippen molar-refractivity contribution in [2.24, 2.45) is 17.8 Å². The average molecular weight is 657 g/mol. The van der Waals surface area contributed by atoms with Crippen molar-refractivity contribution in [3.05, 3.63) is 85.5 Å². The molecular weight excluding hydrogens is 604 g/mol. The molecule has 3 aliphatic rings. The number of nitrogens with zero attached hydrogens (tertiary/aromatic N) is 4. The zero-order chi connectivity index (χ0) is 34.8. The first-order chi connectivity index (χ1) is 23.1. The van der Waals surface area contributed by atoms with Gasteiger partial charge in [0.05, 0.1) is 30.1 Å². The minimum atomic E-state index is -1.27. The third-order valence-corrected chi connectivity index (χ3v) is 11.0. The van der Waals surface area contributed by atoms with Crippen molar-refractivity contribution in [2.75, 3.05) is 49.1 Å². The van der Waals surface area contributed by atoms with Gasteiger partial charge in [-0.05, 0) is 69.4 Å². The van der Waals surface area contributed by atoms with Crippen LogP contribution in [0, 0.1) is 17.8 Å². The number of hydrogen-bond acceptors (Lipinski definition) is 6. The highest BCUT2D eigenvalue weighted by molar-refractivity contribution is 6.05. The Balaban J connectivity index is 1.66. The maximum atomic E-state index is 15.2. The molecule has 3 aliphatic heterocycles. The standard InChI is InChI=1S/C39H52N4O5/c1-8-22-41(23-9-2)35(45)32-33-36(46)43(31(26-44)28-16-14-13-15-17-28)34(39(33)25-27(6)38(32,7)48-39)37(47)42(24-10-3)30-20-18-29(19-21-30)40(11-4)12-5/h8,10,13-21,27,31-34,44H,1,3,9,11-12,22-26H2,2,4-7H3/t27?,31-,32+,33+,34?,38-,39?/m1/s1. The van der Waals surface area contributed by atoms with E-state index in [1.54, 1.807) is 22.0 Å². The first-order valence-electron chi connectivity index (χ1n) is 17.4. The van der Waals surface area contributed by atoms with Crippen LogP contribution in [0.3, 0.4) is 0 Å². The van der Waals surface area contributed by atoms with Crippen molar-refractivity contribution in [3.63, 3.8) is 0 Å². The first-order valence-corrected chi connectivity index (χ1v) is 17.4. The Morgan fingerprint density at radius 3 is 2.19 bits per heavy atom. The summed E-state index contributed by atoms with van der Waals surface area (Å²) in [6.07, 6.45) is 4.56. The van der Waals surface area contributed by atoms with Crippen LogP contribution in [0.4, 0.5) is 11.4 Å². The molecule has 2 bridgehead atoms. The topological polar surface area (TPSA) is 93.6 Å². The second-order valence-electron chi connectivity index (χ2n) is 13.6. The van der Waals surface area contributed by atoms with Gasteiger partial charge in [0, 0.05) is 44.1 Å². The highest BCUT2D eigenvalue weighted by atomic mass is 16.5. The monoisotopic (exact) mass is 656 g/mol. The number of carbonyl (C=O) groups excluding carboxylic acids is 3. The number of aliphatic hydroxyl groups excluding tert-OH is 1. The van der Waals surface area contributed by atoms with Gasteiger partial charge in [0.25, 0.3) is 5.91 Å². The van der Waals surface area contributed by atoms with E-state index in [0.717, 1.165) is 25.2 Å². The fourth-order valence-electron chi connectivity index (χ4n) is 8.64. The predicted molar refractivity (Wildman–Crippen MR) is 190 cm³/mol. The zero-order valence-corrected chi connectivity index (χ0v) is 29.2. The number of fused-ring (bicyclic) bond motifs is 1. The lowest BCUT2D eigenvalue weighted by molar-refractivity contribution is -0.153. The third-order valence-electron chi connectivity index (χ3n) is 11.0. The Morgan fingerprint density at radius 2 is 1.62 bits per heavy atom. The summed E-state index contributed by atoms with van der Waals surface area (Å²) < 4.78 is 7.04. The Morgan fingerprint density at radius 1 is 1.00 bits per heavy atom. The van der Waals surface area contributed by atoms with Crippen LogP contribution in [0.2, 0.25) is 0 Å². The smallest absolute Gasteiger partial charge is 0.253 e. The summed E-state index contributed by atoms with van der Waals surface area (Å²) in [7, 11) is 0. The molecule has 9 heteroatoms. The van der Waals surface area contributed by atoms with E-state index in [2.05, 4.69) is 31.9 Å². The van der Waals surface area contributed by atoms with Gasteiger partial charge >= 0.3 is 0 Å². The van der Waals surface area contributed by atoms with Crippen molar-refractivity contribution >= 4 is 29.1 Å². The number of amides is 3. The van der Waals surface area contributed by atoms with Crippen LogP contribution in [0.1, 0.15) is 59.1 Å². The molecule has 0 aromatic heterocycles. The Labute approximate surface area is 285 Å². The van der Waals surface area contributed by atoms with Gasteiger partial charge in [-0.15, -0.1) is 13.2 Å². The summed E-state index contributed by atoms with van der Waals surface area (Å²) in [5, 5.41) is 10.9. The van der Waals surface area contributed by atoms with E-state index < -0.39 is 41.7 Å². The largest absolute Gasteiger partial charge is 0.394 e. The second-order valence-corrected chi connectivity index (χ2v) is 13.6. The SMILES string of the molecule is C=CCN(CCC)C(=O)[C@@H]1[C@H]2C(=O)N([C@H](CO)c3ccccc3)C(C(=O)N(CC=C)c3ccc(N(CC)CC)cc3)C23CC(C)[C@@]1(C)O3. The molecule has 48 heavy (non-hydrogen) atoms. The molecule has 3 fully saturated rings. The lowest BCUT2D eigenvalue weighted by Gasteiger charge is -2.39. The minimum Gasteiger partial charge on any atom is -0.394 e. The van der Waals surface area contributed by atoms with Gasteiger partial charge in [0.1, 0.15) is 11.6 Å². The van der Waals surface area contributed by atoms with Crippen LogP contribution in [-0.2, 0) is 19.1 Å². The number of ether oxygens (including phenoxy) is 1. The van der Waals surface area contributed by atoms with Crippen molar-refractivity contribution in [2.45, 2.75) is 70.7 Å². The van der Waals surface area contributed by atoms with Crippen LogP contribution in [-0.4, -0.2) is 89.2 Å². The van der Waals surface area contributed by atoms with E-state index >= 15 is 9.59 Å². The summed E-state index contributed by atoms with van der Waals surface area (Å²) >= 11 is 0. The molecule has 7 atom stereocenters. The molecule has 5 rings (SSSR count). The average Bonchev–Trinajstić information content (AvgIpc) is 3.61. The lowest BCUT2D eigenvalue weighted by atomic mass is 9.62. The van der Waals surface area contributed by atoms with E-state index in [1.807, 2.05) is 75.4 Å². The van der Waals surface area contributed by atoms with E-state index in [-0.39, 0.29) is 30.2 Å². The van der Waals surface area contributed by atoms with Gasteiger partial charge in [-0.2, -0.15) is 0 Å². The lowest BCUT2D eigenvalue weighted by Crippen LogP contribution is -2.57. The quantitative estimate of drug-likeness (QED) is 0.265. The van der Waals surface area contributed by atoms with Gasteiger partial charge in [0.15, 0.2) is 0 Å². The van der Waals surface area contributed by atoms with E-state index in [0.29, 0.717) is 30.8 Å². The maximum Gasteiger partial charge on any atom is 0.253 e. The number of hydrogen-bond donors (Lipinski definition) is 1. The van der Waals surface area contributed by atoms with Crippen molar-refractivity contribution < 1.29 is 24.2 Å². The molecule has 1 N–H and O–H groups in total. The van der Waals surface area contributed by atoms with Crippen LogP contribution in [0.15, 0.2) is 79.9 Å². The minimum absolute atomic E-state index is 0.108. The number of carbonyl (C=O) groups is 3. The molecule has 2 aromatic rings. The highest BCUT2D eigenvalue weighted by Gasteiger charge is 2.80. The molecule has 3 saturated heterocycles. The Kier molecular flexibility index (Phi) is 10.5. The Bertz CT molecular complexity index is 1490. The van der Waals surface area contributed by atoms with Crippen molar-refractivity contribution in [1.82, 2.24) is 9.80 Å². The molecule has 0 radical (unpaired) electrons. The normalized spacial score (nSPS) is 27.8. The molecule has 9 nitrogen and oxygen atoms in total. The van der Waals surface area contributed by atoms with E-state index in [9.17, 15) is 9.90 Å². The van der Waals surface area contributed by atoms with Crippen LogP contribution in [0.5, 0.6) is 0 Å². The van der Waals surface area contributed by atoms with Gasteiger partial charge < -0.3 is 29.4 Å². The van der Waals surface area contributed by atoms with Crippen LogP contribution in [0.25, 0.3) is 0 Å². The molecule has 0 aliphatic carbocycles. The van der Waals surface area contributed by atoms with Gasteiger partial charge in [-0.25, -0.2) is 0 Å². The predicted octanol–water partition coefficient (Wildman–Crippen LogP) is 5.22. The van der Waals surface area contributed by atoms with Crippen molar-refractivity contribution in [3.8, 4) is 0 Å². The molecular formula is C39H52N4O5. The van der Waals surface area contributed by atoms with E-state index in [4.69, 9.17) is 4.74 Å². The molecule has 3 unspecified atom stereocenters. The summed E-state index contributed by atoms with van der Waals surface area (Å²) in [4.78, 5) is 51.9. The summed E-state index contributed by atoms with van der Waals surface area (Å²) in [5.41, 5.74) is 0.204. The van der Waals surface area contributed by atoms with Crippen LogP contribution >= 0.6 is 0 Å². The Hall–Kier alpha value is -3.95.